The van der Waals surface area contributed by atoms with Gasteiger partial charge < -0.3 is 0 Å². The van der Waals surface area contributed by atoms with Gasteiger partial charge in [0.05, 0.1) is 16.4 Å². The molecule has 0 amide bonds. The van der Waals surface area contributed by atoms with Gasteiger partial charge in [0.2, 0.25) is 0 Å². The number of hydrogen-bond acceptors (Lipinski definition) is 3. The monoisotopic (exact) mass is 236 g/mol. The molecule has 0 heterocycles. The lowest BCUT2D eigenvalue weighted by atomic mass is 9.65. The summed E-state index contributed by atoms with van der Waals surface area (Å²) in [6.45, 7) is 0. The second-order valence-electron chi connectivity index (χ2n) is 3.97. The van der Waals surface area contributed by atoms with E-state index in [-0.39, 0.29) is 10.7 Å². The van der Waals surface area contributed by atoms with Crippen LogP contribution in [0, 0.1) is 21.4 Å². The van der Waals surface area contributed by atoms with E-state index in [0.717, 1.165) is 19.3 Å². The van der Waals surface area contributed by atoms with E-state index in [2.05, 4.69) is 6.07 Å². The van der Waals surface area contributed by atoms with E-state index in [4.69, 9.17) is 16.9 Å². The van der Waals surface area contributed by atoms with Gasteiger partial charge in [-0.05, 0) is 30.9 Å². The summed E-state index contributed by atoms with van der Waals surface area (Å²) in [5.74, 6) is 0. The van der Waals surface area contributed by atoms with E-state index in [1.165, 1.54) is 12.1 Å². The maximum absolute atomic E-state index is 10.7. The van der Waals surface area contributed by atoms with Gasteiger partial charge in [-0.1, -0.05) is 17.7 Å². The van der Waals surface area contributed by atoms with E-state index in [1.54, 1.807) is 6.07 Å². The van der Waals surface area contributed by atoms with Crippen LogP contribution in [0.3, 0.4) is 0 Å². The lowest BCUT2D eigenvalue weighted by Crippen LogP contribution is -2.32. The first-order chi connectivity index (χ1) is 7.59. The summed E-state index contributed by atoms with van der Waals surface area (Å²) in [4.78, 5) is 10.2. The van der Waals surface area contributed by atoms with Crippen LogP contribution in [0.4, 0.5) is 5.69 Å². The predicted molar refractivity (Wildman–Crippen MR) is 59.2 cm³/mol. The van der Waals surface area contributed by atoms with Gasteiger partial charge in [-0.15, -0.1) is 0 Å². The Labute approximate surface area is 97.6 Å². The number of halogens is 1. The fraction of sp³-hybridized carbons (Fsp3) is 0.364. The largest absolute Gasteiger partial charge is 0.288 e. The minimum Gasteiger partial charge on any atom is -0.258 e. The summed E-state index contributed by atoms with van der Waals surface area (Å²) < 4.78 is 0. The molecule has 2 rings (SSSR count). The van der Waals surface area contributed by atoms with Crippen LogP contribution in [0.15, 0.2) is 18.2 Å². The minimum atomic E-state index is -0.532. The third-order valence-corrected chi connectivity index (χ3v) is 3.44. The van der Waals surface area contributed by atoms with Crippen molar-refractivity contribution in [1.29, 1.82) is 5.26 Å². The quantitative estimate of drug-likeness (QED) is 0.585. The zero-order valence-corrected chi connectivity index (χ0v) is 9.20. The lowest BCUT2D eigenvalue weighted by Gasteiger charge is -2.35. The molecule has 5 heteroatoms. The van der Waals surface area contributed by atoms with Gasteiger partial charge in [-0.3, -0.25) is 10.1 Å². The van der Waals surface area contributed by atoms with E-state index in [1.807, 2.05) is 0 Å². The first kappa shape index (κ1) is 10.9. The second-order valence-corrected chi connectivity index (χ2v) is 4.38. The highest BCUT2D eigenvalue weighted by Gasteiger charge is 2.39. The summed E-state index contributed by atoms with van der Waals surface area (Å²) in [5.41, 5.74) is 0.0491. The molecule has 1 aliphatic carbocycles. The molecule has 1 aliphatic rings. The molecular formula is C11H9ClN2O2. The first-order valence-corrected chi connectivity index (χ1v) is 5.32. The number of benzene rings is 1. The molecule has 1 aromatic rings. The molecule has 16 heavy (non-hydrogen) atoms. The zero-order chi connectivity index (χ0) is 11.8. The molecular weight excluding hydrogens is 228 g/mol. The van der Waals surface area contributed by atoms with Gasteiger partial charge >= 0.3 is 0 Å². The van der Waals surface area contributed by atoms with Crippen LogP contribution in [-0.4, -0.2) is 4.92 Å². The highest BCUT2D eigenvalue weighted by molar-refractivity contribution is 6.32. The Balaban J connectivity index is 2.48. The van der Waals surface area contributed by atoms with Gasteiger partial charge in [0, 0.05) is 6.07 Å². The average Bonchev–Trinajstić information content (AvgIpc) is 2.19. The maximum Gasteiger partial charge on any atom is 0.288 e. The summed E-state index contributed by atoms with van der Waals surface area (Å²) in [5, 5.41) is 20.0. The van der Waals surface area contributed by atoms with Crippen molar-refractivity contribution in [2.45, 2.75) is 24.7 Å². The zero-order valence-electron chi connectivity index (χ0n) is 8.44. The normalized spacial score (nSPS) is 17.2. The SMILES string of the molecule is N#CC1(c2ccc(Cl)c([N+](=O)[O-])c2)CCC1. The molecule has 0 bridgehead atoms. The number of hydrogen-bond donors (Lipinski definition) is 0. The Morgan fingerprint density at radius 3 is 2.62 bits per heavy atom. The summed E-state index contributed by atoms with van der Waals surface area (Å²) >= 11 is 5.72. The lowest BCUT2D eigenvalue weighted by molar-refractivity contribution is -0.384. The Hall–Kier alpha value is -1.60. The van der Waals surface area contributed by atoms with Crippen LogP contribution in [0.1, 0.15) is 24.8 Å². The summed E-state index contributed by atoms with van der Waals surface area (Å²) in [6, 6.07) is 6.87. The molecule has 0 N–H and O–H groups in total. The molecule has 1 aromatic carbocycles. The van der Waals surface area contributed by atoms with Crippen LogP contribution < -0.4 is 0 Å². The van der Waals surface area contributed by atoms with Gasteiger partial charge in [-0.2, -0.15) is 5.26 Å². The van der Waals surface area contributed by atoms with Gasteiger partial charge in [0.25, 0.3) is 5.69 Å². The smallest absolute Gasteiger partial charge is 0.258 e. The van der Waals surface area contributed by atoms with Gasteiger partial charge in [0.1, 0.15) is 5.02 Å². The van der Waals surface area contributed by atoms with Crippen LogP contribution in [-0.2, 0) is 5.41 Å². The molecule has 0 saturated heterocycles. The fourth-order valence-electron chi connectivity index (χ4n) is 1.95. The van der Waals surface area contributed by atoms with Gasteiger partial charge in [0.15, 0.2) is 0 Å². The van der Waals surface area contributed by atoms with Crippen LogP contribution in [0.5, 0.6) is 0 Å². The van der Waals surface area contributed by atoms with E-state index < -0.39 is 10.3 Å². The van der Waals surface area contributed by atoms with Crippen LogP contribution in [0.25, 0.3) is 0 Å². The van der Waals surface area contributed by atoms with Crippen molar-refractivity contribution in [3.05, 3.63) is 38.9 Å². The number of nitriles is 1. The number of nitrogens with zero attached hydrogens (tertiary/aromatic N) is 2. The Kier molecular flexibility index (Phi) is 2.56. The highest BCUT2D eigenvalue weighted by atomic mass is 35.5. The van der Waals surface area contributed by atoms with Gasteiger partial charge in [-0.25, -0.2) is 0 Å². The Morgan fingerprint density at radius 1 is 1.50 bits per heavy atom. The Bertz CT molecular complexity index is 489. The first-order valence-electron chi connectivity index (χ1n) is 4.95. The number of nitro groups is 1. The average molecular weight is 237 g/mol. The van der Waals surface area contributed by atoms with Crippen molar-refractivity contribution in [2.24, 2.45) is 0 Å². The molecule has 0 atom stereocenters. The van der Waals surface area contributed by atoms with Crippen molar-refractivity contribution in [1.82, 2.24) is 0 Å². The number of rotatable bonds is 2. The van der Waals surface area contributed by atoms with E-state index in [9.17, 15) is 10.1 Å². The number of nitro benzene ring substituents is 1. The Morgan fingerprint density at radius 2 is 2.19 bits per heavy atom. The predicted octanol–water partition coefficient (Wildman–Crippen LogP) is 3.19. The third-order valence-electron chi connectivity index (χ3n) is 3.12. The second kappa shape index (κ2) is 3.76. The standard InChI is InChI=1S/C11H9ClN2O2/c12-9-3-2-8(6-10(9)14(15)16)11(7-13)4-1-5-11/h2-3,6H,1,4-5H2. The van der Waals surface area contributed by atoms with Crippen molar-refractivity contribution >= 4 is 17.3 Å². The molecule has 1 saturated carbocycles. The topological polar surface area (TPSA) is 66.9 Å². The third kappa shape index (κ3) is 1.54. The molecule has 4 nitrogen and oxygen atoms in total. The molecule has 0 radical (unpaired) electrons. The fourth-order valence-corrected chi connectivity index (χ4v) is 2.13. The summed E-state index contributed by atoms with van der Waals surface area (Å²) in [7, 11) is 0. The van der Waals surface area contributed by atoms with E-state index >= 15 is 0 Å². The maximum atomic E-state index is 10.7. The van der Waals surface area contributed by atoms with E-state index in [0.29, 0.717) is 5.56 Å². The van der Waals surface area contributed by atoms with Crippen molar-refractivity contribution in [3.63, 3.8) is 0 Å². The molecule has 82 valence electrons. The van der Waals surface area contributed by atoms with Crippen LogP contribution >= 0.6 is 11.6 Å². The molecule has 0 spiro atoms. The van der Waals surface area contributed by atoms with Crippen molar-refractivity contribution in [2.75, 3.05) is 0 Å². The molecule has 1 fully saturated rings. The molecule has 0 unspecified atom stereocenters. The molecule has 0 aliphatic heterocycles. The summed E-state index contributed by atoms with van der Waals surface area (Å²) in [6.07, 6.45) is 2.52. The van der Waals surface area contributed by atoms with Crippen LogP contribution in [0.2, 0.25) is 5.02 Å². The van der Waals surface area contributed by atoms with Crippen molar-refractivity contribution in [3.8, 4) is 6.07 Å². The van der Waals surface area contributed by atoms with Crippen molar-refractivity contribution < 1.29 is 4.92 Å². The molecule has 0 aromatic heterocycles. The minimum absolute atomic E-state index is 0.112. The highest BCUT2D eigenvalue weighted by Crippen LogP contribution is 2.44.